The highest BCUT2D eigenvalue weighted by molar-refractivity contribution is 7.89. The van der Waals surface area contributed by atoms with Crippen LogP contribution in [0.5, 0.6) is 0 Å². The number of sulfonamides is 1. The van der Waals surface area contributed by atoms with E-state index in [0.717, 1.165) is 6.42 Å². The predicted octanol–water partition coefficient (Wildman–Crippen LogP) is 2.16. The van der Waals surface area contributed by atoms with E-state index in [-0.39, 0.29) is 17.3 Å². The molecule has 128 valence electrons. The first kappa shape index (κ1) is 17.9. The fourth-order valence-corrected chi connectivity index (χ4v) is 4.24. The van der Waals surface area contributed by atoms with E-state index in [1.54, 1.807) is 11.8 Å². The molecule has 0 radical (unpaired) electrons. The van der Waals surface area contributed by atoms with Gasteiger partial charge in [0, 0.05) is 32.6 Å². The van der Waals surface area contributed by atoms with Crippen molar-refractivity contribution in [1.29, 1.82) is 0 Å². The first-order valence-corrected chi connectivity index (χ1v) is 9.34. The predicted molar refractivity (Wildman–Crippen MR) is 86.0 cm³/mol. The van der Waals surface area contributed by atoms with Gasteiger partial charge in [0.05, 0.1) is 4.90 Å². The van der Waals surface area contributed by atoms with E-state index >= 15 is 0 Å². The Hall–Kier alpha value is -1.47. The lowest BCUT2D eigenvalue weighted by Crippen LogP contribution is -2.37. The quantitative estimate of drug-likeness (QED) is 0.842. The minimum atomic E-state index is -3.66. The van der Waals surface area contributed by atoms with Gasteiger partial charge in [0.25, 0.3) is 0 Å². The van der Waals surface area contributed by atoms with Crippen LogP contribution in [0, 0.1) is 12.7 Å². The minimum absolute atomic E-state index is 0.0735. The summed E-state index contributed by atoms with van der Waals surface area (Å²) in [5.41, 5.74) is 0.306. The zero-order chi connectivity index (χ0) is 17.0. The van der Waals surface area contributed by atoms with Crippen LogP contribution in [-0.2, 0) is 14.8 Å². The molecule has 5 nitrogen and oxygen atoms in total. The average Bonchev–Trinajstić information content (AvgIpc) is 2.76. The molecule has 1 aromatic rings. The maximum atomic E-state index is 13.4. The number of carbonyl (C=O) groups excluding carboxylic acids is 1. The third-order valence-electron chi connectivity index (χ3n) is 4.04. The van der Waals surface area contributed by atoms with Crippen molar-refractivity contribution in [2.45, 2.75) is 38.0 Å². The Labute approximate surface area is 137 Å². The average molecular weight is 342 g/mol. The molecule has 1 aliphatic rings. The van der Waals surface area contributed by atoms with Crippen molar-refractivity contribution >= 4 is 15.9 Å². The molecule has 0 unspecified atom stereocenters. The van der Waals surface area contributed by atoms with Gasteiger partial charge in [-0.2, -0.15) is 4.31 Å². The summed E-state index contributed by atoms with van der Waals surface area (Å²) in [4.78, 5) is 13.8. The highest BCUT2D eigenvalue weighted by atomic mass is 32.2. The van der Waals surface area contributed by atoms with Crippen molar-refractivity contribution in [2.75, 3.05) is 26.2 Å². The molecule has 0 atom stereocenters. The maximum absolute atomic E-state index is 13.4. The Morgan fingerprint density at radius 3 is 2.61 bits per heavy atom. The fraction of sp³-hybridized carbons (Fsp3) is 0.562. The molecule has 1 saturated heterocycles. The molecule has 2 rings (SSSR count). The summed E-state index contributed by atoms with van der Waals surface area (Å²) in [6, 6.07) is 3.83. The van der Waals surface area contributed by atoms with Crippen molar-refractivity contribution in [3.63, 3.8) is 0 Å². The van der Waals surface area contributed by atoms with Gasteiger partial charge < -0.3 is 4.90 Å². The van der Waals surface area contributed by atoms with Crippen LogP contribution in [-0.4, -0.2) is 49.7 Å². The van der Waals surface area contributed by atoms with E-state index < -0.39 is 15.8 Å². The molecule has 0 bridgehead atoms. The number of amides is 1. The molecular weight excluding hydrogens is 319 g/mol. The van der Waals surface area contributed by atoms with Crippen molar-refractivity contribution in [3.8, 4) is 0 Å². The summed E-state index contributed by atoms with van der Waals surface area (Å²) in [6.45, 7) is 5.11. The maximum Gasteiger partial charge on any atom is 0.243 e. The number of halogens is 1. The molecule has 1 aliphatic heterocycles. The molecule has 0 aromatic heterocycles. The number of hydrogen-bond donors (Lipinski definition) is 0. The lowest BCUT2D eigenvalue weighted by atomic mass is 10.2. The SMILES string of the molecule is CCCC(=O)N1CCCN(S(=O)(=O)c2ccc(F)c(C)c2)CC1. The van der Waals surface area contributed by atoms with Crippen LogP contribution in [0.25, 0.3) is 0 Å². The van der Waals surface area contributed by atoms with E-state index in [0.29, 0.717) is 38.0 Å². The summed E-state index contributed by atoms with van der Waals surface area (Å²) < 4.78 is 40.2. The van der Waals surface area contributed by atoms with Crippen LogP contribution >= 0.6 is 0 Å². The third-order valence-corrected chi connectivity index (χ3v) is 5.93. The second-order valence-electron chi connectivity index (χ2n) is 5.80. The molecule has 23 heavy (non-hydrogen) atoms. The van der Waals surface area contributed by atoms with Crippen LogP contribution in [0.1, 0.15) is 31.7 Å². The largest absolute Gasteiger partial charge is 0.341 e. The molecule has 0 aliphatic carbocycles. The van der Waals surface area contributed by atoms with Gasteiger partial charge in [-0.25, -0.2) is 12.8 Å². The van der Waals surface area contributed by atoms with E-state index in [9.17, 15) is 17.6 Å². The second-order valence-corrected chi connectivity index (χ2v) is 7.74. The molecule has 1 heterocycles. The molecule has 1 fully saturated rings. The zero-order valence-corrected chi connectivity index (χ0v) is 14.4. The molecule has 1 amide bonds. The molecule has 1 aromatic carbocycles. The summed E-state index contributed by atoms with van der Waals surface area (Å²) in [6.07, 6.45) is 1.88. The zero-order valence-electron chi connectivity index (χ0n) is 13.6. The van der Waals surface area contributed by atoms with Crippen molar-refractivity contribution in [1.82, 2.24) is 9.21 Å². The Morgan fingerprint density at radius 1 is 1.22 bits per heavy atom. The smallest absolute Gasteiger partial charge is 0.243 e. The first-order valence-electron chi connectivity index (χ1n) is 7.90. The van der Waals surface area contributed by atoms with E-state index in [1.165, 1.54) is 22.5 Å². The van der Waals surface area contributed by atoms with Crippen LogP contribution < -0.4 is 0 Å². The van der Waals surface area contributed by atoms with E-state index in [4.69, 9.17) is 0 Å². The van der Waals surface area contributed by atoms with Gasteiger partial charge in [-0.05, 0) is 43.5 Å². The fourth-order valence-electron chi connectivity index (χ4n) is 2.68. The molecule has 7 heteroatoms. The Bertz CT molecular complexity index is 676. The topological polar surface area (TPSA) is 57.7 Å². The van der Waals surface area contributed by atoms with Gasteiger partial charge >= 0.3 is 0 Å². The first-order chi connectivity index (χ1) is 10.9. The monoisotopic (exact) mass is 342 g/mol. The lowest BCUT2D eigenvalue weighted by molar-refractivity contribution is -0.131. The molecule has 0 spiro atoms. The van der Waals surface area contributed by atoms with Crippen molar-refractivity contribution < 1.29 is 17.6 Å². The van der Waals surface area contributed by atoms with Gasteiger partial charge in [0.15, 0.2) is 0 Å². The number of aryl methyl sites for hydroxylation is 1. The summed E-state index contributed by atoms with van der Waals surface area (Å²) in [5.74, 6) is -0.347. The molecule has 0 saturated carbocycles. The van der Waals surface area contributed by atoms with Crippen LogP contribution in [0.3, 0.4) is 0 Å². The summed E-state index contributed by atoms with van der Waals surface area (Å²) in [5, 5.41) is 0. The van der Waals surface area contributed by atoms with Gasteiger partial charge in [0.2, 0.25) is 15.9 Å². The minimum Gasteiger partial charge on any atom is -0.341 e. The Balaban J connectivity index is 2.14. The summed E-state index contributed by atoms with van der Waals surface area (Å²) >= 11 is 0. The van der Waals surface area contributed by atoms with Crippen molar-refractivity contribution in [2.24, 2.45) is 0 Å². The highest BCUT2D eigenvalue weighted by Gasteiger charge is 2.28. The van der Waals surface area contributed by atoms with Crippen molar-refractivity contribution in [3.05, 3.63) is 29.6 Å². The number of hydrogen-bond acceptors (Lipinski definition) is 3. The van der Waals surface area contributed by atoms with Gasteiger partial charge in [0.1, 0.15) is 5.82 Å². The Kier molecular flexibility index (Phi) is 5.75. The number of nitrogens with zero attached hydrogens (tertiary/aromatic N) is 2. The standard InChI is InChI=1S/C16H23FN2O3S/c1-3-5-16(20)18-8-4-9-19(11-10-18)23(21,22)14-6-7-15(17)13(2)12-14/h6-7,12H,3-5,8-11H2,1-2H3. The summed E-state index contributed by atoms with van der Waals surface area (Å²) in [7, 11) is -3.66. The Morgan fingerprint density at radius 2 is 1.96 bits per heavy atom. The van der Waals surface area contributed by atoms with E-state index in [2.05, 4.69) is 0 Å². The van der Waals surface area contributed by atoms with E-state index in [1.807, 2.05) is 6.92 Å². The molecule has 0 N–H and O–H groups in total. The number of rotatable bonds is 4. The molecular formula is C16H23FN2O3S. The van der Waals surface area contributed by atoms with Gasteiger partial charge in [-0.15, -0.1) is 0 Å². The number of carbonyl (C=O) groups is 1. The normalized spacial score (nSPS) is 17.1. The van der Waals surface area contributed by atoms with Crippen LogP contribution in [0.4, 0.5) is 4.39 Å². The second kappa shape index (κ2) is 7.40. The number of benzene rings is 1. The van der Waals surface area contributed by atoms with Crippen LogP contribution in [0.15, 0.2) is 23.1 Å². The third kappa shape index (κ3) is 4.09. The van der Waals surface area contributed by atoms with Gasteiger partial charge in [-0.1, -0.05) is 6.92 Å². The van der Waals surface area contributed by atoms with Crippen LogP contribution in [0.2, 0.25) is 0 Å². The van der Waals surface area contributed by atoms with Gasteiger partial charge in [-0.3, -0.25) is 4.79 Å². The lowest BCUT2D eigenvalue weighted by Gasteiger charge is -2.22. The highest BCUT2D eigenvalue weighted by Crippen LogP contribution is 2.20.